The van der Waals surface area contributed by atoms with Crippen molar-refractivity contribution < 1.29 is 24.2 Å². The van der Waals surface area contributed by atoms with Crippen molar-refractivity contribution in [2.75, 3.05) is 19.7 Å². The van der Waals surface area contributed by atoms with Crippen LogP contribution in [0.2, 0.25) is 0 Å². The number of nitrogens with one attached hydrogen (secondary N) is 1. The molecule has 35 heavy (non-hydrogen) atoms. The molecule has 1 atom stereocenters. The molecule has 0 saturated carbocycles. The quantitative estimate of drug-likeness (QED) is 0.517. The molecule has 2 aromatic carbocycles. The van der Waals surface area contributed by atoms with Crippen LogP contribution in [0.25, 0.3) is 11.1 Å². The topological polar surface area (TPSA) is 95.9 Å². The van der Waals surface area contributed by atoms with Gasteiger partial charge in [0.25, 0.3) is 0 Å². The van der Waals surface area contributed by atoms with Crippen molar-refractivity contribution >= 4 is 18.0 Å². The Morgan fingerprint density at radius 1 is 1.06 bits per heavy atom. The van der Waals surface area contributed by atoms with Crippen LogP contribution in [0.1, 0.15) is 49.1 Å². The summed E-state index contributed by atoms with van der Waals surface area (Å²) in [5, 5.41) is 11.8. The number of hydrogen-bond acceptors (Lipinski definition) is 4. The molecule has 1 saturated heterocycles. The Bertz CT molecular complexity index is 1040. The highest BCUT2D eigenvalue weighted by Crippen LogP contribution is 2.44. The first-order valence-electron chi connectivity index (χ1n) is 12.2. The molecule has 1 aliphatic heterocycles. The van der Waals surface area contributed by atoms with Crippen molar-refractivity contribution in [2.45, 2.75) is 44.1 Å². The number of carbonyl (C=O) groups is 3. The van der Waals surface area contributed by atoms with Gasteiger partial charge in [0.1, 0.15) is 12.6 Å². The van der Waals surface area contributed by atoms with Crippen LogP contribution in [0.15, 0.2) is 61.2 Å². The van der Waals surface area contributed by atoms with Crippen LogP contribution >= 0.6 is 0 Å². The second-order valence-corrected chi connectivity index (χ2v) is 9.26. The molecule has 2 N–H and O–H groups in total. The molecule has 2 amide bonds. The number of piperidine rings is 1. The molecule has 184 valence electrons. The predicted octanol–water partition coefficient (Wildman–Crippen LogP) is 4.57. The number of aliphatic carboxylic acids is 1. The molecule has 2 aliphatic rings. The van der Waals surface area contributed by atoms with Crippen molar-refractivity contribution in [3.8, 4) is 11.1 Å². The van der Waals surface area contributed by atoms with Crippen LogP contribution in [0.4, 0.5) is 4.79 Å². The summed E-state index contributed by atoms with van der Waals surface area (Å²) in [5.74, 6) is -0.938. The molecule has 0 radical (unpaired) electrons. The molecular weight excluding hydrogens is 444 g/mol. The summed E-state index contributed by atoms with van der Waals surface area (Å²) in [4.78, 5) is 38.6. The highest BCUT2D eigenvalue weighted by Gasteiger charge is 2.32. The van der Waals surface area contributed by atoms with Gasteiger partial charge in [-0.15, -0.1) is 6.58 Å². The number of likely N-dealkylation sites (tertiary alicyclic amines) is 1. The first kappa shape index (κ1) is 24.5. The van der Waals surface area contributed by atoms with Crippen molar-refractivity contribution in [3.05, 3.63) is 72.3 Å². The second kappa shape index (κ2) is 11.2. The van der Waals surface area contributed by atoms with Crippen LogP contribution in [0.3, 0.4) is 0 Å². The number of hydrogen-bond donors (Lipinski definition) is 2. The highest BCUT2D eigenvalue weighted by atomic mass is 16.5. The number of allylic oxidation sites excluding steroid dienone is 1. The molecule has 7 nitrogen and oxygen atoms in total. The third-order valence-electron chi connectivity index (χ3n) is 6.98. The number of rotatable bonds is 9. The van der Waals surface area contributed by atoms with E-state index in [0.717, 1.165) is 22.3 Å². The van der Waals surface area contributed by atoms with Crippen LogP contribution in [0, 0.1) is 5.92 Å². The molecule has 1 heterocycles. The van der Waals surface area contributed by atoms with Gasteiger partial charge in [-0.3, -0.25) is 9.59 Å². The second-order valence-electron chi connectivity index (χ2n) is 9.26. The zero-order chi connectivity index (χ0) is 24.8. The van der Waals surface area contributed by atoms with E-state index in [1.165, 1.54) is 0 Å². The minimum Gasteiger partial charge on any atom is -0.481 e. The van der Waals surface area contributed by atoms with E-state index in [9.17, 15) is 14.4 Å². The lowest BCUT2D eigenvalue weighted by Gasteiger charge is -2.34. The summed E-state index contributed by atoms with van der Waals surface area (Å²) in [6, 6.07) is 15.6. The van der Waals surface area contributed by atoms with Crippen LogP contribution < -0.4 is 5.32 Å². The van der Waals surface area contributed by atoms with E-state index in [-0.39, 0.29) is 30.8 Å². The third kappa shape index (κ3) is 5.73. The van der Waals surface area contributed by atoms with Crippen LogP contribution in [-0.4, -0.2) is 53.7 Å². The smallest absolute Gasteiger partial charge is 0.407 e. The van der Waals surface area contributed by atoms with Gasteiger partial charge in [-0.1, -0.05) is 54.6 Å². The van der Waals surface area contributed by atoms with E-state index >= 15 is 0 Å². The average molecular weight is 477 g/mol. The zero-order valence-corrected chi connectivity index (χ0v) is 19.8. The van der Waals surface area contributed by atoms with Gasteiger partial charge in [0.2, 0.25) is 5.91 Å². The van der Waals surface area contributed by atoms with Crippen molar-refractivity contribution in [3.63, 3.8) is 0 Å². The first-order chi connectivity index (χ1) is 17.0. The normalized spacial score (nSPS) is 16.2. The van der Waals surface area contributed by atoms with Gasteiger partial charge in [0, 0.05) is 25.4 Å². The molecule has 4 rings (SSSR count). The zero-order valence-electron chi connectivity index (χ0n) is 19.8. The molecule has 1 fully saturated rings. The van der Waals surface area contributed by atoms with Crippen molar-refractivity contribution in [1.29, 1.82) is 0 Å². The van der Waals surface area contributed by atoms with Gasteiger partial charge in [-0.2, -0.15) is 0 Å². The van der Waals surface area contributed by atoms with E-state index in [2.05, 4.69) is 36.2 Å². The Kier molecular flexibility index (Phi) is 7.85. The monoisotopic (exact) mass is 476 g/mol. The first-order valence-corrected chi connectivity index (χ1v) is 12.2. The maximum atomic E-state index is 13.2. The molecule has 1 aliphatic carbocycles. The van der Waals surface area contributed by atoms with Crippen LogP contribution in [0.5, 0.6) is 0 Å². The molecule has 0 aromatic heterocycles. The van der Waals surface area contributed by atoms with Gasteiger partial charge in [0.05, 0.1) is 0 Å². The number of fused-ring (bicyclic) bond motifs is 3. The maximum Gasteiger partial charge on any atom is 0.407 e. The summed E-state index contributed by atoms with van der Waals surface area (Å²) < 4.78 is 5.64. The minimum absolute atomic E-state index is 0.0521. The number of alkyl carbamates (subject to hydrolysis) is 1. The standard InChI is InChI=1S/C28H32N2O5/c1-2-3-12-25(27(33)30-15-13-19(14-16-30)17-26(31)32)29-28(34)35-18-24-22-10-6-4-8-20(22)21-9-5-7-11-23(21)24/h2,4-11,19,24-25H,1,3,12-18H2,(H,29,34)(H,31,32). The van der Waals surface area contributed by atoms with Crippen molar-refractivity contribution in [1.82, 2.24) is 10.2 Å². The maximum absolute atomic E-state index is 13.2. The fraction of sp³-hybridized carbons (Fsp3) is 0.393. The van der Waals surface area contributed by atoms with E-state index in [1.807, 2.05) is 24.3 Å². The number of amides is 2. The Morgan fingerprint density at radius 2 is 1.66 bits per heavy atom. The van der Waals surface area contributed by atoms with Gasteiger partial charge >= 0.3 is 12.1 Å². The van der Waals surface area contributed by atoms with Crippen LogP contribution in [-0.2, 0) is 14.3 Å². The fourth-order valence-corrected chi connectivity index (χ4v) is 5.15. The number of ether oxygens (including phenoxy) is 1. The molecular formula is C28H32N2O5. The summed E-state index contributed by atoms with van der Waals surface area (Å²) >= 11 is 0. The van der Waals surface area contributed by atoms with Gasteiger partial charge in [-0.05, 0) is 53.9 Å². The van der Waals surface area contributed by atoms with E-state index in [1.54, 1.807) is 11.0 Å². The lowest BCUT2D eigenvalue weighted by Crippen LogP contribution is -2.51. The number of carboxylic acids is 1. The lowest BCUT2D eigenvalue weighted by atomic mass is 9.93. The Balaban J connectivity index is 1.36. The number of nitrogens with zero attached hydrogens (tertiary/aromatic N) is 1. The summed E-state index contributed by atoms with van der Waals surface area (Å²) in [7, 11) is 0. The van der Waals surface area contributed by atoms with Gasteiger partial charge in [0.15, 0.2) is 0 Å². The number of carbonyl (C=O) groups excluding carboxylic acids is 2. The fourth-order valence-electron chi connectivity index (χ4n) is 5.15. The minimum atomic E-state index is -0.810. The van der Waals surface area contributed by atoms with Crippen molar-refractivity contribution in [2.24, 2.45) is 5.92 Å². The molecule has 1 unspecified atom stereocenters. The summed E-state index contributed by atoms with van der Waals surface area (Å²) in [5.41, 5.74) is 4.57. The summed E-state index contributed by atoms with van der Waals surface area (Å²) in [6.07, 6.45) is 3.54. The summed E-state index contributed by atoms with van der Waals surface area (Å²) in [6.45, 7) is 4.90. The molecule has 0 spiro atoms. The number of carboxylic acid groups (broad SMARTS) is 1. The Morgan fingerprint density at radius 3 is 2.23 bits per heavy atom. The third-order valence-corrected chi connectivity index (χ3v) is 6.98. The molecule has 0 bridgehead atoms. The van der Waals surface area contributed by atoms with E-state index < -0.39 is 18.1 Å². The largest absolute Gasteiger partial charge is 0.481 e. The highest BCUT2D eigenvalue weighted by molar-refractivity contribution is 5.86. The SMILES string of the molecule is C=CCCC(NC(=O)OCC1c2ccccc2-c2ccccc21)C(=O)N1CCC(CC(=O)O)CC1. The number of benzene rings is 2. The molecule has 7 heteroatoms. The van der Waals surface area contributed by atoms with Gasteiger partial charge in [-0.25, -0.2) is 4.79 Å². The predicted molar refractivity (Wildman–Crippen MR) is 133 cm³/mol. The average Bonchev–Trinajstić information content (AvgIpc) is 3.18. The van der Waals surface area contributed by atoms with E-state index in [4.69, 9.17) is 9.84 Å². The Hall–Kier alpha value is -3.61. The molecule has 2 aromatic rings. The Labute approximate surface area is 205 Å². The van der Waals surface area contributed by atoms with Gasteiger partial charge < -0.3 is 20.1 Å². The lowest BCUT2D eigenvalue weighted by molar-refractivity contribution is -0.139. The van der Waals surface area contributed by atoms with E-state index in [0.29, 0.717) is 38.8 Å².